The van der Waals surface area contributed by atoms with Gasteiger partial charge in [-0.1, -0.05) is 47.5 Å². The minimum Gasteiger partial charge on any atom is -0.323 e. The number of benzene rings is 2. The molecule has 4 rings (SSSR count). The van der Waals surface area contributed by atoms with Gasteiger partial charge in [-0.25, -0.2) is 4.98 Å². The van der Waals surface area contributed by atoms with E-state index >= 15 is 0 Å². The Balaban J connectivity index is 1.67. The van der Waals surface area contributed by atoms with Gasteiger partial charge in [0, 0.05) is 17.9 Å². The molecule has 1 aliphatic rings. The van der Waals surface area contributed by atoms with E-state index in [4.69, 9.17) is 23.2 Å². The molecule has 25 heavy (non-hydrogen) atoms. The second-order valence-electron chi connectivity index (χ2n) is 6.02. The van der Waals surface area contributed by atoms with Crippen LogP contribution in [0.5, 0.6) is 0 Å². The van der Waals surface area contributed by atoms with Gasteiger partial charge in [0.25, 0.3) is 0 Å². The van der Waals surface area contributed by atoms with Crippen molar-refractivity contribution in [1.29, 1.82) is 0 Å². The van der Waals surface area contributed by atoms with Crippen LogP contribution >= 0.6 is 23.2 Å². The predicted molar refractivity (Wildman–Crippen MR) is 104 cm³/mol. The molecule has 0 fully saturated rings. The van der Waals surface area contributed by atoms with Crippen LogP contribution in [0.4, 0.5) is 23.1 Å². The van der Waals surface area contributed by atoms with Crippen molar-refractivity contribution in [3.63, 3.8) is 0 Å². The maximum Gasteiger partial charge on any atom is 0.229 e. The Kier molecular flexibility index (Phi) is 4.24. The third-order valence-corrected chi connectivity index (χ3v) is 5.11. The number of fused-ring (bicyclic) bond motifs is 1. The third kappa shape index (κ3) is 3.03. The average Bonchev–Trinajstić information content (AvgIpc) is 2.95. The van der Waals surface area contributed by atoms with Crippen molar-refractivity contribution in [1.82, 2.24) is 9.97 Å². The van der Waals surface area contributed by atoms with E-state index < -0.39 is 0 Å². The molecule has 0 bridgehead atoms. The quantitative estimate of drug-likeness (QED) is 0.650. The summed E-state index contributed by atoms with van der Waals surface area (Å²) in [5.74, 6) is 1.34. The van der Waals surface area contributed by atoms with E-state index in [1.165, 1.54) is 11.3 Å². The van der Waals surface area contributed by atoms with Crippen molar-refractivity contribution in [2.75, 3.05) is 10.2 Å². The second kappa shape index (κ2) is 6.54. The van der Waals surface area contributed by atoms with Gasteiger partial charge < -0.3 is 10.2 Å². The number of anilines is 4. The molecular formula is C19H16Cl2N4. The summed E-state index contributed by atoms with van der Waals surface area (Å²) in [5.41, 5.74) is 3.21. The second-order valence-corrected chi connectivity index (χ2v) is 6.80. The Morgan fingerprint density at radius 2 is 1.92 bits per heavy atom. The smallest absolute Gasteiger partial charge is 0.229 e. The fourth-order valence-corrected chi connectivity index (χ4v) is 3.53. The van der Waals surface area contributed by atoms with Crippen molar-refractivity contribution in [3.8, 4) is 0 Å². The molecule has 1 N–H and O–H groups in total. The lowest BCUT2D eigenvalue weighted by atomic mass is 10.1. The number of para-hydroxylation sites is 1. The first kappa shape index (κ1) is 16.2. The molecular weight excluding hydrogens is 355 g/mol. The summed E-state index contributed by atoms with van der Waals surface area (Å²) in [5, 5.41) is 4.10. The molecule has 2 aromatic carbocycles. The van der Waals surface area contributed by atoms with E-state index in [9.17, 15) is 0 Å². The standard InChI is InChI=1S/C19H16Cl2N4/c1-12-11-13-5-2-3-8-16(13)25(12)17-9-10-22-19(24-17)23-15-7-4-6-14(20)18(15)21/h2-10,12H,11H2,1H3,(H,22,23,24). The van der Waals surface area contributed by atoms with Crippen LogP contribution in [0.25, 0.3) is 0 Å². The summed E-state index contributed by atoms with van der Waals surface area (Å²) >= 11 is 12.3. The van der Waals surface area contributed by atoms with Crippen LogP contribution in [-0.2, 0) is 6.42 Å². The van der Waals surface area contributed by atoms with Gasteiger partial charge in [0.15, 0.2) is 0 Å². The number of halogens is 2. The van der Waals surface area contributed by atoms with Crippen LogP contribution < -0.4 is 10.2 Å². The largest absolute Gasteiger partial charge is 0.323 e. The van der Waals surface area contributed by atoms with Gasteiger partial charge in [0.05, 0.1) is 15.7 Å². The van der Waals surface area contributed by atoms with Crippen molar-refractivity contribution in [2.24, 2.45) is 0 Å². The average molecular weight is 371 g/mol. The summed E-state index contributed by atoms with van der Waals surface area (Å²) in [6.45, 7) is 2.20. The van der Waals surface area contributed by atoms with Crippen LogP contribution in [0.1, 0.15) is 12.5 Å². The molecule has 1 atom stereocenters. The zero-order chi connectivity index (χ0) is 17.4. The SMILES string of the molecule is CC1Cc2ccccc2N1c1ccnc(Nc2cccc(Cl)c2Cl)n1. The third-order valence-electron chi connectivity index (χ3n) is 4.29. The van der Waals surface area contributed by atoms with Gasteiger partial charge in [-0.2, -0.15) is 4.98 Å². The fourth-order valence-electron chi connectivity index (χ4n) is 3.18. The summed E-state index contributed by atoms with van der Waals surface area (Å²) < 4.78 is 0. The van der Waals surface area contributed by atoms with Gasteiger partial charge in [-0.05, 0) is 43.2 Å². The van der Waals surface area contributed by atoms with E-state index in [-0.39, 0.29) is 0 Å². The Morgan fingerprint density at radius 3 is 2.80 bits per heavy atom. The van der Waals surface area contributed by atoms with E-state index in [1.807, 2.05) is 18.2 Å². The van der Waals surface area contributed by atoms with Gasteiger partial charge in [0.2, 0.25) is 5.95 Å². The van der Waals surface area contributed by atoms with Crippen LogP contribution in [-0.4, -0.2) is 16.0 Å². The van der Waals surface area contributed by atoms with Crippen LogP contribution in [0, 0.1) is 0 Å². The Labute approximate surface area is 156 Å². The molecule has 0 amide bonds. The minimum atomic E-state index is 0.343. The van der Waals surface area contributed by atoms with E-state index in [1.54, 1.807) is 12.3 Å². The molecule has 0 saturated heterocycles. The molecule has 0 aliphatic carbocycles. The lowest BCUT2D eigenvalue weighted by Gasteiger charge is -2.24. The molecule has 2 heterocycles. The molecule has 126 valence electrons. The maximum absolute atomic E-state index is 6.24. The van der Waals surface area contributed by atoms with E-state index in [2.05, 4.69) is 51.4 Å². The lowest BCUT2D eigenvalue weighted by Crippen LogP contribution is -2.25. The molecule has 1 aromatic heterocycles. The highest BCUT2D eigenvalue weighted by Gasteiger charge is 2.27. The molecule has 4 nitrogen and oxygen atoms in total. The van der Waals surface area contributed by atoms with E-state index in [0.29, 0.717) is 27.7 Å². The molecule has 1 unspecified atom stereocenters. The molecule has 1 aliphatic heterocycles. The van der Waals surface area contributed by atoms with Crippen LogP contribution in [0.2, 0.25) is 10.0 Å². The number of rotatable bonds is 3. The molecule has 0 radical (unpaired) electrons. The van der Waals surface area contributed by atoms with Gasteiger partial charge in [-0.15, -0.1) is 0 Å². The minimum absolute atomic E-state index is 0.343. The topological polar surface area (TPSA) is 41.1 Å². The maximum atomic E-state index is 6.24. The molecule has 6 heteroatoms. The first-order valence-electron chi connectivity index (χ1n) is 8.04. The zero-order valence-corrected chi connectivity index (χ0v) is 15.1. The first-order valence-corrected chi connectivity index (χ1v) is 8.80. The number of nitrogens with zero attached hydrogens (tertiary/aromatic N) is 3. The highest BCUT2D eigenvalue weighted by Crippen LogP contribution is 2.37. The van der Waals surface area contributed by atoms with Gasteiger partial charge >= 0.3 is 0 Å². The summed E-state index contributed by atoms with van der Waals surface area (Å²) in [6, 6.07) is 16.1. The highest BCUT2D eigenvalue weighted by atomic mass is 35.5. The Bertz CT molecular complexity index is 929. The summed E-state index contributed by atoms with van der Waals surface area (Å²) in [6.07, 6.45) is 2.75. The first-order chi connectivity index (χ1) is 12.1. The molecule has 0 saturated carbocycles. The normalized spacial score (nSPS) is 16.0. The monoisotopic (exact) mass is 370 g/mol. The summed E-state index contributed by atoms with van der Waals surface area (Å²) in [7, 11) is 0. The number of nitrogens with one attached hydrogen (secondary N) is 1. The number of aromatic nitrogens is 2. The molecule has 0 spiro atoms. The fraction of sp³-hybridized carbons (Fsp3) is 0.158. The van der Waals surface area contributed by atoms with Crippen LogP contribution in [0.15, 0.2) is 54.7 Å². The molecule has 3 aromatic rings. The number of hydrogen-bond acceptors (Lipinski definition) is 4. The predicted octanol–water partition coefficient (Wildman–Crippen LogP) is 5.61. The van der Waals surface area contributed by atoms with Gasteiger partial charge in [-0.3, -0.25) is 0 Å². The van der Waals surface area contributed by atoms with Crippen molar-refractivity contribution in [2.45, 2.75) is 19.4 Å². The Hall–Kier alpha value is -2.30. The van der Waals surface area contributed by atoms with Crippen molar-refractivity contribution >= 4 is 46.3 Å². The highest BCUT2D eigenvalue weighted by molar-refractivity contribution is 6.43. The Morgan fingerprint density at radius 1 is 1.08 bits per heavy atom. The van der Waals surface area contributed by atoms with Gasteiger partial charge in [0.1, 0.15) is 5.82 Å². The lowest BCUT2D eigenvalue weighted by molar-refractivity contribution is 0.749. The van der Waals surface area contributed by atoms with Crippen molar-refractivity contribution < 1.29 is 0 Å². The number of hydrogen-bond donors (Lipinski definition) is 1. The summed E-state index contributed by atoms with van der Waals surface area (Å²) in [4.78, 5) is 11.2. The van der Waals surface area contributed by atoms with Crippen molar-refractivity contribution in [3.05, 3.63) is 70.3 Å². The zero-order valence-electron chi connectivity index (χ0n) is 13.6. The van der Waals surface area contributed by atoms with Crippen LogP contribution in [0.3, 0.4) is 0 Å². The van der Waals surface area contributed by atoms with E-state index in [0.717, 1.165) is 12.2 Å².